The molecule has 3 aromatic carbocycles. The molecule has 3 aromatic rings. The fourth-order valence-electron chi connectivity index (χ4n) is 4.16. The van der Waals surface area contributed by atoms with E-state index in [4.69, 9.17) is 14.2 Å². The van der Waals surface area contributed by atoms with Crippen LogP contribution in [0.5, 0.6) is 17.2 Å². The van der Waals surface area contributed by atoms with Crippen LogP contribution in [-0.2, 0) is 12.7 Å². The summed E-state index contributed by atoms with van der Waals surface area (Å²) in [6.07, 6.45) is -3.66. The van der Waals surface area contributed by atoms with E-state index in [0.29, 0.717) is 30.8 Å². The number of anilines is 1. The molecule has 33 heavy (non-hydrogen) atoms. The van der Waals surface area contributed by atoms with Gasteiger partial charge in [-0.2, -0.15) is 13.2 Å². The van der Waals surface area contributed by atoms with Crippen LogP contribution in [0.1, 0.15) is 28.4 Å². The molecular formula is C25H22F3NO3S. The number of ether oxygens (including phenoxy) is 3. The minimum Gasteiger partial charge on any atom is -0.497 e. The number of hydrogen-bond acceptors (Lipinski definition) is 5. The number of methoxy groups -OCH3 is 1. The molecule has 0 radical (unpaired) electrons. The maximum Gasteiger partial charge on any atom is 0.416 e. The highest BCUT2D eigenvalue weighted by Gasteiger charge is 2.32. The molecule has 2 heterocycles. The van der Waals surface area contributed by atoms with E-state index in [1.165, 1.54) is 12.1 Å². The van der Waals surface area contributed by atoms with Crippen molar-refractivity contribution in [3.05, 3.63) is 77.4 Å². The maximum atomic E-state index is 13.3. The molecule has 0 aliphatic carbocycles. The van der Waals surface area contributed by atoms with Crippen LogP contribution in [0, 0.1) is 0 Å². The molecule has 5 rings (SSSR count). The minimum atomic E-state index is -4.36. The average molecular weight is 474 g/mol. The van der Waals surface area contributed by atoms with Crippen molar-refractivity contribution in [2.24, 2.45) is 0 Å². The number of halogens is 3. The summed E-state index contributed by atoms with van der Waals surface area (Å²) in [7, 11) is 1.61. The fourth-order valence-corrected chi connectivity index (χ4v) is 5.47. The van der Waals surface area contributed by atoms with Gasteiger partial charge < -0.3 is 19.1 Å². The Morgan fingerprint density at radius 3 is 2.70 bits per heavy atom. The smallest absolute Gasteiger partial charge is 0.416 e. The first-order valence-corrected chi connectivity index (χ1v) is 11.4. The Labute approximate surface area is 194 Å². The van der Waals surface area contributed by atoms with Gasteiger partial charge in [0.25, 0.3) is 0 Å². The number of alkyl halides is 3. The van der Waals surface area contributed by atoms with Crippen LogP contribution in [0.3, 0.4) is 0 Å². The van der Waals surface area contributed by atoms with E-state index in [-0.39, 0.29) is 12.0 Å². The van der Waals surface area contributed by atoms with E-state index in [2.05, 4.69) is 4.90 Å². The summed E-state index contributed by atoms with van der Waals surface area (Å²) in [5.74, 6) is 2.18. The Hall–Kier alpha value is -3.00. The van der Waals surface area contributed by atoms with Gasteiger partial charge in [0.1, 0.15) is 5.75 Å². The second-order valence-electron chi connectivity index (χ2n) is 7.96. The normalized spacial score (nSPS) is 17.5. The van der Waals surface area contributed by atoms with E-state index in [1.807, 2.05) is 36.4 Å². The van der Waals surface area contributed by atoms with Crippen molar-refractivity contribution in [3.8, 4) is 17.2 Å². The summed E-state index contributed by atoms with van der Waals surface area (Å²) >= 11 is 1.58. The van der Waals surface area contributed by atoms with Crippen LogP contribution >= 0.6 is 11.8 Å². The molecule has 172 valence electrons. The standard InChI is InChI=1S/C25H22F3NO3S/c1-30-19-6-7-20-24(13-19)33-23(17-3-2-4-18(12-17)25(26,27)28)9-10-29(20)14-16-5-8-21-22(11-16)32-15-31-21/h2-8,11-13,23H,9-10,14-15H2,1H3/t23-/m0/s1. The van der Waals surface area contributed by atoms with E-state index < -0.39 is 11.7 Å². The van der Waals surface area contributed by atoms with Crippen molar-refractivity contribution in [1.29, 1.82) is 0 Å². The zero-order valence-electron chi connectivity index (χ0n) is 17.9. The molecule has 1 atom stereocenters. The first kappa shape index (κ1) is 21.8. The van der Waals surface area contributed by atoms with Gasteiger partial charge in [0, 0.05) is 23.2 Å². The van der Waals surface area contributed by atoms with Gasteiger partial charge in [-0.25, -0.2) is 0 Å². The Morgan fingerprint density at radius 2 is 1.88 bits per heavy atom. The third-order valence-electron chi connectivity index (χ3n) is 5.83. The largest absolute Gasteiger partial charge is 0.497 e. The van der Waals surface area contributed by atoms with E-state index in [0.717, 1.165) is 33.7 Å². The third kappa shape index (κ3) is 4.57. The van der Waals surface area contributed by atoms with Gasteiger partial charge in [-0.1, -0.05) is 24.3 Å². The monoisotopic (exact) mass is 473 g/mol. The van der Waals surface area contributed by atoms with Crippen molar-refractivity contribution in [1.82, 2.24) is 0 Å². The van der Waals surface area contributed by atoms with Gasteiger partial charge in [0.05, 0.1) is 18.4 Å². The van der Waals surface area contributed by atoms with Crippen molar-refractivity contribution in [3.63, 3.8) is 0 Å². The molecular weight excluding hydrogens is 451 g/mol. The second-order valence-corrected chi connectivity index (χ2v) is 9.21. The molecule has 0 fully saturated rings. The summed E-state index contributed by atoms with van der Waals surface area (Å²) in [4.78, 5) is 3.24. The molecule has 0 saturated heterocycles. The summed E-state index contributed by atoms with van der Waals surface area (Å²) in [5, 5.41) is -0.111. The lowest BCUT2D eigenvalue weighted by atomic mass is 10.0. The zero-order chi connectivity index (χ0) is 23.0. The Bertz CT molecular complexity index is 1170. The number of hydrogen-bond donors (Lipinski definition) is 0. The predicted molar refractivity (Wildman–Crippen MR) is 121 cm³/mol. The quantitative estimate of drug-likeness (QED) is 0.422. The van der Waals surface area contributed by atoms with Crippen LogP contribution in [-0.4, -0.2) is 20.4 Å². The molecule has 2 aliphatic heterocycles. The lowest BCUT2D eigenvalue weighted by Gasteiger charge is -2.25. The molecule has 0 spiro atoms. The van der Waals surface area contributed by atoms with Gasteiger partial charge in [0.15, 0.2) is 11.5 Å². The van der Waals surface area contributed by atoms with Crippen LogP contribution in [0.4, 0.5) is 18.9 Å². The average Bonchev–Trinajstić information content (AvgIpc) is 3.20. The number of nitrogens with zero attached hydrogens (tertiary/aromatic N) is 1. The number of benzene rings is 3. The van der Waals surface area contributed by atoms with Crippen molar-refractivity contribution < 1.29 is 27.4 Å². The number of thioether (sulfide) groups is 1. The van der Waals surface area contributed by atoms with Gasteiger partial charge in [0.2, 0.25) is 6.79 Å². The Balaban J connectivity index is 1.46. The summed E-state index contributed by atoms with van der Waals surface area (Å²) in [6, 6.07) is 17.4. The number of fused-ring (bicyclic) bond motifs is 2. The second kappa shape index (κ2) is 8.74. The van der Waals surface area contributed by atoms with Gasteiger partial charge in [-0.05, 0) is 53.9 Å². The summed E-state index contributed by atoms with van der Waals surface area (Å²) in [5.41, 5.74) is 2.16. The van der Waals surface area contributed by atoms with Crippen molar-refractivity contribution >= 4 is 17.4 Å². The molecule has 0 N–H and O–H groups in total. The van der Waals surface area contributed by atoms with E-state index in [9.17, 15) is 13.2 Å². The van der Waals surface area contributed by atoms with Gasteiger partial charge >= 0.3 is 6.18 Å². The minimum absolute atomic E-state index is 0.111. The third-order valence-corrected chi connectivity index (χ3v) is 7.21. The topological polar surface area (TPSA) is 30.9 Å². The van der Waals surface area contributed by atoms with E-state index >= 15 is 0 Å². The Kier molecular flexibility index (Phi) is 5.78. The molecule has 0 saturated carbocycles. The molecule has 0 bridgehead atoms. The molecule has 0 amide bonds. The first-order chi connectivity index (χ1) is 15.9. The first-order valence-electron chi connectivity index (χ1n) is 10.6. The lowest BCUT2D eigenvalue weighted by Crippen LogP contribution is -2.24. The zero-order valence-corrected chi connectivity index (χ0v) is 18.7. The molecule has 4 nitrogen and oxygen atoms in total. The van der Waals surface area contributed by atoms with Crippen LogP contribution in [0.2, 0.25) is 0 Å². The maximum absolute atomic E-state index is 13.3. The van der Waals surface area contributed by atoms with Crippen LogP contribution in [0.15, 0.2) is 65.6 Å². The van der Waals surface area contributed by atoms with Crippen LogP contribution < -0.4 is 19.1 Å². The van der Waals surface area contributed by atoms with Crippen LogP contribution in [0.25, 0.3) is 0 Å². The van der Waals surface area contributed by atoms with Crippen molar-refractivity contribution in [2.45, 2.75) is 29.3 Å². The highest BCUT2D eigenvalue weighted by molar-refractivity contribution is 7.99. The molecule has 2 aliphatic rings. The molecule has 0 unspecified atom stereocenters. The highest BCUT2D eigenvalue weighted by Crippen LogP contribution is 2.47. The molecule has 8 heteroatoms. The summed E-state index contributed by atoms with van der Waals surface area (Å²) < 4.78 is 56.2. The summed E-state index contributed by atoms with van der Waals surface area (Å²) in [6.45, 7) is 1.56. The lowest BCUT2D eigenvalue weighted by molar-refractivity contribution is -0.137. The molecule has 0 aromatic heterocycles. The fraction of sp³-hybridized carbons (Fsp3) is 0.280. The van der Waals surface area contributed by atoms with Crippen molar-refractivity contribution in [2.75, 3.05) is 25.3 Å². The Morgan fingerprint density at radius 1 is 1.03 bits per heavy atom. The van der Waals surface area contributed by atoms with Gasteiger partial charge in [-0.15, -0.1) is 11.8 Å². The van der Waals surface area contributed by atoms with E-state index in [1.54, 1.807) is 24.9 Å². The number of rotatable bonds is 4. The highest BCUT2D eigenvalue weighted by atomic mass is 32.2. The van der Waals surface area contributed by atoms with Gasteiger partial charge in [-0.3, -0.25) is 0 Å². The predicted octanol–water partition coefficient (Wildman–Crippen LogP) is 6.69. The SMILES string of the molecule is COc1ccc2c(c1)S[C@H](c1cccc(C(F)(F)F)c1)CCN2Cc1ccc2c(c1)OCO2.